The fourth-order valence-electron chi connectivity index (χ4n) is 1.20. The monoisotopic (exact) mass is 280 g/mol. The van der Waals surface area contributed by atoms with Crippen LogP contribution in [0.15, 0.2) is 30.3 Å². The first-order valence-corrected chi connectivity index (χ1v) is 5.99. The molecule has 0 aromatic heterocycles. The molecule has 0 aliphatic rings. The Labute approximate surface area is 116 Å². The fourth-order valence-corrected chi connectivity index (χ4v) is 1.20. The SMILES string of the molecule is CC(C)(C)OC(=O)NNC(=O)C=Cc1ccc(F)cc1. The number of hydrogen-bond acceptors (Lipinski definition) is 3. The van der Waals surface area contributed by atoms with Crippen LogP contribution in [-0.2, 0) is 9.53 Å². The predicted molar refractivity (Wildman–Crippen MR) is 72.9 cm³/mol. The molecule has 108 valence electrons. The highest BCUT2D eigenvalue weighted by Crippen LogP contribution is 2.06. The Bertz CT molecular complexity index is 504. The van der Waals surface area contributed by atoms with Crippen LogP contribution >= 0.6 is 0 Å². The van der Waals surface area contributed by atoms with E-state index in [0.29, 0.717) is 5.56 Å². The van der Waals surface area contributed by atoms with Crippen LogP contribution in [0.25, 0.3) is 6.08 Å². The third-order valence-electron chi connectivity index (χ3n) is 1.98. The van der Waals surface area contributed by atoms with E-state index in [1.54, 1.807) is 20.8 Å². The summed E-state index contributed by atoms with van der Waals surface area (Å²) in [7, 11) is 0. The van der Waals surface area contributed by atoms with Crippen LogP contribution in [0.1, 0.15) is 26.3 Å². The standard InChI is InChI=1S/C14H17FN2O3/c1-14(2,3)20-13(19)17-16-12(18)9-6-10-4-7-11(15)8-5-10/h4-9H,1-3H3,(H,16,18)(H,17,19). The summed E-state index contributed by atoms with van der Waals surface area (Å²) in [6.07, 6.45) is 1.96. The number of ether oxygens (including phenoxy) is 1. The largest absolute Gasteiger partial charge is 0.443 e. The van der Waals surface area contributed by atoms with Gasteiger partial charge in [0, 0.05) is 6.08 Å². The van der Waals surface area contributed by atoms with E-state index in [1.807, 2.05) is 0 Å². The van der Waals surface area contributed by atoms with Gasteiger partial charge in [-0.05, 0) is 44.5 Å². The molecule has 0 fully saturated rings. The molecular weight excluding hydrogens is 263 g/mol. The zero-order valence-corrected chi connectivity index (χ0v) is 11.6. The molecule has 0 aliphatic carbocycles. The van der Waals surface area contributed by atoms with E-state index in [0.717, 1.165) is 0 Å². The molecule has 1 aromatic rings. The van der Waals surface area contributed by atoms with Crippen LogP contribution in [0.5, 0.6) is 0 Å². The number of halogens is 1. The Balaban J connectivity index is 2.40. The number of hydrogen-bond donors (Lipinski definition) is 2. The van der Waals surface area contributed by atoms with Crippen molar-refractivity contribution in [1.29, 1.82) is 0 Å². The molecule has 1 aromatic carbocycles. The molecule has 0 saturated carbocycles. The molecule has 6 heteroatoms. The molecule has 1 rings (SSSR count). The van der Waals surface area contributed by atoms with Gasteiger partial charge in [0.2, 0.25) is 0 Å². The summed E-state index contributed by atoms with van der Waals surface area (Å²) in [4.78, 5) is 22.7. The maximum Gasteiger partial charge on any atom is 0.426 e. The van der Waals surface area contributed by atoms with Crippen LogP contribution in [0.3, 0.4) is 0 Å². The van der Waals surface area contributed by atoms with E-state index in [2.05, 4.69) is 10.9 Å². The van der Waals surface area contributed by atoms with Gasteiger partial charge < -0.3 is 4.74 Å². The van der Waals surface area contributed by atoms with Gasteiger partial charge in [-0.25, -0.2) is 14.6 Å². The second kappa shape index (κ2) is 6.70. The van der Waals surface area contributed by atoms with Crippen molar-refractivity contribution in [2.75, 3.05) is 0 Å². The number of benzene rings is 1. The van der Waals surface area contributed by atoms with Crippen LogP contribution in [0, 0.1) is 5.82 Å². The van der Waals surface area contributed by atoms with Gasteiger partial charge in [0.1, 0.15) is 11.4 Å². The normalized spacial score (nSPS) is 11.2. The van der Waals surface area contributed by atoms with Crippen molar-refractivity contribution in [2.45, 2.75) is 26.4 Å². The molecule has 2 amide bonds. The average molecular weight is 280 g/mol. The van der Waals surface area contributed by atoms with Gasteiger partial charge in [0.05, 0.1) is 0 Å². The Kier molecular flexibility index (Phi) is 5.25. The van der Waals surface area contributed by atoms with Gasteiger partial charge in [-0.3, -0.25) is 10.2 Å². The first kappa shape index (κ1) is 15.7. The van der Waals surface area contributed by atoms with E-state index in [9.17, 15) is 14.0 Å². The van der Waals surface area contributed by atoms with E-state index in [1.165, 1.54) is 36.4 Å². The zero-order chi connectivity index (χ0) is 15.2. The van der Waals surface area contributed by atoms with Crippen molar-refractivity contribution in [3.05, 3.63) is 41.7 Å². The van der Waals surface area contributed by atoms with Crippen molar-refractivity contribution in [2.24, 2.45) is 0 Å². The Morgan fingerprint density at radius 2 is 1.75 bits per heavy atom. The maximum absolute atomic E-state index is 12.7. The first-order chi connectivity index (χ1) is 9.26. The second-order valence-electron chi connectivity index (χ2n) is 5.00. The lowest BCUT2D eigenvalue weighted by atomic mass is 10.2. The average Bonchev–Trinajstić information content (AvgIpc) is 2.33. The fraction of sp³-hybridized carbons (Fsp3) is 0.286. The van der Waals surface area contributed by atoms with Gasteiger partial charge in [-0.1, -0.05) is 12.1 Å². The minimum Gasteiger partial charge on any atom is -0.443 e. The van der Waals surface area contributed by atoms with Gasteiger partial charge in [-0.15, -0.1) is 0 Å². The number of nitrogens with one attached hydrogen (secondary N) is 2. The lowest BCUT2D eigenvalue weighted by Gasteiger charge is -2.19. The number of rotatable bonds is 2. The summed E-state index contributed by atoms with van der Waals surface area (Å²) in [6.45, 7) is 5.13. The summed E-state index contributed by atoms with van der Waals surface area (Å²) in [5.41, 5.74) is 4.30. The lowest BCUT2D eigenvalue weighted by Crippen LogP contribution is -2.43. The van der Waals surface area contributed by atoms with Crippen molar-refractivity contribution in [3.8, 4) is 0 Å². The van der Waals surface area contributed by atoms with E-state index in [-0.39, 0.29) is 5.82 Å². The number of carbonyl (C=O) groups is 2. The van der Waals surface area contributed by atoms with Crippen LogP contribution < -0.4 is 10.9 Å². The summed E-state index contributed by atoms with van der Waals surface area (Å²) in [5.74, 6) is -0.877. The van der Waals surface area contributed by atoms with Crippen LogP contribution in [0.2, 0.25) is 0 Å². The highest BCUT2D eigenvalue weighted by atomic mass is 19.1. The number of carbonyl (C=O) groups excluding carboxylic acids is 2. The lowest BCUT2D eigenvalue weighted by molar-refractivity contribution is -0.117. The van der Waals surface area contributed by atoms with E-state index >= 15 is 0 Å². The molecular formula is C14H17FN2O3. The molecule has 0 atom stereocenters. The van der Waals surface area contributed by atoms with Crippen molar-refractivity contribution >= 4 is 18.1 Å². The summed E-state index contributed by atoms with van der Waals surface area (Å²) in [5, 5.41) is 0. The predicted octanol–water partition coefficient (Wildman–Crippen LogP) is 2.39. The molecule has 20 heavy (non-hydrogen) atoms. The van der Waals surface area contributed by atoms with Gasteiger partial charge in [0.15, 0.2) is 0 Å². The minimum absolute atomic E-state index is 0.349. The first-order valence-electron chi connectivity index (χ1n) is 5.99. The van der Waals surface area contributed by atoms with Crippen molar-refractivity contribution < 1.29 is 18.7 Å². The van der Waals surface area contributed by atoms with Crippen molar-refractivity contribution in [3.63, 3.8) is 0 Å². The Morgan fingerprint density at radius 1 is 1.15 bits per heavy atom. The molecule has 5 nitrogen and oxygen atoms in total. The zero-order valence-electron chi connectivity index (χ0n) is 11.6. The molecule has 0 saturated heterocycles. The van der Waals surface area contributed by atoms with Gasteiger partial charge >= 0.3 is 6.09 Å². The summed E-state index contributed by atoms with van der Waals surface area (Å²) < 4.78 is 17.6. The third kappa shape index (κ3) is 6.53. The second-order valence-corrected chi connectivity index (χ2v) is 5.00. The van der Waals surface area contributed by atoms with E-state index < -0.39 is 17.6 Å². The topological polar surface area (TPSA) is 67.4 Å². The van der Waals surface area contributed by atoms with Crippen LogP contribution in [0.4, 0.5) is 9.18 Å². The Morgan fingerprint density at radius 3 is 2.30 bits per heavy atom. The highest BCUT2D eigenvalue weighted by Gasteiger charge is 2.15. The molecule has 0 aliphatic heterocycles. The molecule has 0 unspecified atom stereocenters. The summed E-state index contributed by atoms with van der Waals surface area (Å²) >= 11 is 0. The quantitative estimate of drug-likeness (QED) is 0.645. The Hall–Kier alpha value is -2.37. The van der Waals surface area contributed by atoms with E-state index in [4.69, 9.17) is 4.74 Å². The smallest absolute Gasteiger partial charge is 0.426 e. The minimum atomic E-state index is -0.749. The van der Waals surface area contributed by atoms with Crippen molar-refractivity contribution in [1.82, 2.24) is 10.9 Å². The van der Waals surface area contributed by atoms with Gasteiger partial charge in [0.25, 0.3) is 5.91 Å². The molecule has 0 heterocycles. The number of hydrazine groups is 1. The van der Waals surface area contributed by atoms with Gasteiger partial charge in [-0.2, -0.15) is 0 Å². The molecule has 0 spiro atoms. The number of amides is 2. The third-order valence-corrected chi connectivity index (χ3v) is 1.98. The maximum atomic E-state index is 12.7. The van der Waals surface area contributed by atoms with Crippen LogP contribution in [-0.4, -0.2) is 17.6 Å². The molecule has 0 bridgehead atoms. The molecule has 0 radical (unpaired) electrons. The highest BCUT2D eigenvalue weighted by molar-refractivity contribution is 5.92. The summed E-state index contributed by atoms with van der Waals surface area (Å²) in [6, 6.07) is 5.63. The molecule has 2 N–H and O–H groups in total.